The van der Waals surface area contributed by atoms with Gasteiger partial charge in [-0.25, -0.2) is 12.8 Å². The summed E-state index contributed by atoms with van der Waals surface area (Å²) in [5.41, 5.74) is -4.60. The number of thioether (sulfide) groups is 1. The predicted molar refractivity (Wildman–Crippen MR) is 139 cm³/mol. The second kappa shape index (κ2) is 12.9. The molecular weight excluding hydrogens is 580 g/mol. The lowest BCUT2D eigenvalue weighted by Gasteiger charge is -2.12. The minimum atomic E-state index is -4.42. The van der Waals surface area contributed by atoms with E-state index in [-0.39, 0.29) is 51.5 Å². The van der Waals surface area contributed by atoms with E-state index in [0.29, 0.717) is 0 Å². The topological polar surface area (TPSA) is 131 Å². The van der Waals surface area contributed by atoms with Crippen molar-refractivity contribution in [1.29, 1.82) is 0 Å². The van der Waals surface area contributed by atoms with Gasteiger partial charge in [0, 0.05) is 21.7 Å². The number of carbonyl (C=O) groups excluding carboxylic acids is 2. The molecule has 0 fully saturated rings. The van der Waals surface area contributed by atoms with Crippen LogP contribution in [0, 0.1) is 5.82 Å². The molecule has 214 valence electrons. The zero-order chi connectivity index (χ0) is 29.5. The number of methoxy groups -OCH3 is 1. The molecule has 15 heteroatoms. The van der Waals surface area contributed by atoms with Gasteiger partial charge in [-0.3, -0.25) is 14.3 Å². The Bertz CT molecular complexity index is 1480. The average molecular weight is 603 g/mol. The van der Waals surface area contributed by atoms with Crippen LogP contribution >= 0.6 is 11.8 Å². The Kier molecular flexibility index (Phi) is 9.87. The lowest BCUT2D eigenvalue weighted by Crippen LogP contribution is -2.20. The Morgan fingerprint density at radius 1 is 1.02 bits per heavy atom. The van der Waals surface area contributed by atoms with E-state index in [0.717, 1.165) is 25.3 Å². The fourth-order valence-corrected chi connectivity index (χ4v) is 4.72. The molecule has 0 aliphatic heterocycles. The Balaban J connectivity index is 1.62. The van der Waals surface area contributed by atoms with Gasteiger partial charge in [-0.05, 0) is 66.4 Å². The number of nitrogens with one attached hydrogen (secondary N) is 2. The van der Waals surface area contributed by atoms with Gasteiger partial charge in [0.05, 0.1) is 25.0 Å². The molecule has 3 N–H and O–H groups in total. The molecule has 3 rings (SSSR count). The van der Waals surface area contributed by atoms with Crippen molar-refractivity contribution in [2.75, 3.05) is 22.9 Å². The summed E-state index contributed by atoms with van der Waals surface area (Å²) in [6, 6.07) is 12.2. The number of anilines is 2. The minimum absolute atomic E-state index is 0.0295. The lowest BCUT2D eigenvalue weighted by molar-refractivity contribution is -0.140. The van der Waals surface area contributed by atoms with Gasteiger partial charge in [0.25, 0.3) is 5.91 Å². The molecule has 40 heavy (non-hydrogen) atoms. The first-order valence-electron chi connectivity index (χ1n) is 11.2. The number of esters is 1. The minimum Gasteiger partial charge on any atom is -0.506 e. The van der Waals surface area contributed by atoms with E-state index in [1.54, 1.807) is 0 Å². The molecular formula is C25H22F4N2O7S2. The molecule has 9 nitrogen and oxygen atoms in total. The number of hydrogen-bond donors (Lipinski definition) is 3. The summed E-state index contributed by atoms with van der Waals surface area (Å²) >= 11 is -0.273. The second-order valence-electron chi connectivity index (χ2n) is 8.05. The number of halogens is 4. The van der Waals surface area contributed by atoms with E-state index in [1.807, 2.05) is 0 Å². The fourth-order valence-electron chi connectivity index (χ4n) is 3.14. The number of carbonyl (C=O) groups is 2. The third kappa shape index (κ3) is 9.34. The van der Waals surface area contributed by atoms with E-state index in [1.165, 1.54) is 42.5 Å². The van der Waals surface area contributed by atoms with Crippen molar-refractivity contribution in [2.24, 2.45) is 0 Å². The molecule has 0 aromatic heterocycles. The number of phenols is 1. The van der Waals surface area contributed by atoms with Crippen molar-refractivity contribution in [1.82, 2.24) is 0 Å². The highest BCUT2D eigenvalue weighted by Crippen LogP contribution is 2.37. The molecule has 0 spiro atoms. The van der Waals surface area contributed by atoms with Crippen LogP contribution in [0.5, 0.6) is 11.5 Å². The molecule has 0 radical (unpaired) electrons. The van der Waals surface area contributed by atoms with Crippen LogP contribution in [0.3, 0.4) is 0 Å². The SMILES string of the molecule is COC(=O)CCS(=O)(=O)Nc1cc(NC(=O)c2ccc(COc3ccc(SC(F)(F)F)cc3)c(F)c2)ccc1O. The summed E-state index contributed by atoms with van der Waals surface area (Å²) in [7, 11) is -2.93. The van der Waals surface area contributed by atoms with Crippen molar-refractivity contribution in [2.45, 2.75) is 23.4 Å². The van der Waals surface area contributed by atoms with Gasteiger partial charge in [-0.1, -0.05) is 6.07 Å². The van der Waals surface area contributed by atoms with Crippen LogP contribution in [0.15, 0.2) is 65.6 Å². The van der Waals surface area contributed by atoms with Crippen molar-refractivity contribution in [3.63, 3.8) is 0 Å². The molecule has 0 heterocycles. The van der Waals surface area contributed by atoms with Crippen molar-refractivity contribution < 1.29 is 50.1 Å². The summed E-state index contributed by atoms with van der Waals surface area (Å²) in [4.78, 5) is 23.8. The summed E-state index contributed by atoms with van der Waals surface area (Å²) in [6.45, 7) is -0.253. The van der Waals surface area contributed by atoms with Crippen molar-refractivity contribution in [3.8, 4) is 11.5 Å². The molecule has 0 unspecified atom stereocenters. The van der Waals surface area contributed by atoms with Gasteiger partial charge < -0.3 is 19.9 Å². The van der Waals surface area contributed by atoms with E-state index in [4.69, 9.17) is 4.74 Å². The number of benzene rings is 3. The molecule has 0 bridgehead atoms. The maximum absolute atomic E-state index is 14.6. The van der Waals surface area contributed by atoms with Crippen LogP contribution in [0.25, 0.3) is 0 Å². The number of sulfonamides is 1. The van der Waals surface area contributed by atoms with E-state index >= 15 is 0 Å². The van der Waals surface area contributed by atoms with Crippen molar-refractivity contribution in [3.05, 3.63) is 77.6 Å². The smallest absolute Gasteiger partial charge is 0.446 e. The van der Waals surface area contributed by atoms with Gasteiger partial charge in [-0.2, -0.15) is 13.2 Å². The number of rotatable bonds is 11. The van der Waals surface area contributed by atoms with Crippen LogP contribution in [-0.2, 0) is 26.2 Å². The molecule has 0 aliphatic rings. The second-order valence-corrected chi connectivity index (χ2v) is 11.0. The highest BCUT2D eigenvalue weighted by atomic mass is 32.2. The number of phenolic OH excluding ortho intramolecular Hbond substituents is 1. The monoisotopic (exact) mass is 602 g/mol. The number of amides is 1. The van der Waals surface area contributed by atoms with Crippen LogP contribution in [0.1, 0.15) is 22.3 Å². The molecule has 3 aromatic rings. The van der Waals surface area contributed by atoms with Gasteiger partial charge in [0.1, 0.15) is 23.9 Å². The van der Waals surface area contributed by atoms with Crippen LogP contribution in [-0.4, -0.2) is 43.8 Å². The summed E-state index contributed by atoms with van der Waals surface area (Å²) < 4.78 is 88.2. The van der Waals surface area contributed by atoms with E-state index < -0.39 is 51.1 Å². The molecule has 0 aliphatic carbocycles. The normalized spacial score (nSPS) is 11.5. The Morgan fingerprint density at radius 2 is 1.73 bits per heavy atom. The fraction of sp³-hybridized carbons (Fsp3) is 0.200. The largest absolute Gasteiger partial charge is 0.506 e. The first-order valence-corrected chi connectivity index (χ1v) is 13.7. The Labute approximate surface area is 230 Å². The highest BCUT2D eigenvalue weighted by Gasteiger charge is 2.29. The number of ether oxygens (including phenoxy) is 2. The predicted octanol–water partition coefficient (Wildman–Crippen LogP) is 5.28. The summed E-state index contributed by atoms with van der Waals surface area (Å²) in [5.74, 6) is -3.08. The third-order valence-electron chi connectivity index (χ3n) is 5.09. The molecule has 3 aromatic carbocycles. The Morgan fingerprint density at radius 3 is 2.35 bits per heavy atom. The van der Waals surface area contributed by atoms with E-state index in [9.17, 15) is 40.7 Å². The molecule has 0 atom stereocenters. The quantitative estimate of drug-likeness (QED) is 0.0889. The molecule has 0 saturated carbocycles. The maximum Gasteiger partial charge on any atom is 0.446 e. The first-order chi connectivity index (χ1) is 18.7. The highest BCUT2D eigenvalue weighted by molar-refractivity contribution is 8.00. The number of alkyl halides is 3. The lowest BCUT2D eigenvalue weighted by atomic mass is 10.1. The molecule has 0 saturated heterocycles. The van der Waals surface area contributed by atoms with Gasteiger partial charge >= 0.3 is 11.5 Å². The van der Waals surface area contributed by atoms with Gasteiger partial charge in [-0.15, -0.1) is 0 Å². The van der Waals surface area contributed by atoms with Gasteiger partial charge in [0.15, 0.2) is 0 Å². The summed E-state index contributed by atoms with van der Waals surface area (Å²) in [6.07, 6.45) is -0.414. The Hall–Kier alpha value is -3.98. The van der Waals surface area contributed by atoms with Crippen LogP contribution in [0.2, 0.25) is 0 Å². The summed E-state index contributed by atoms with van der Waals surface area (Å²) in [5, 5.41) is 12.5. The first kappa shape index (κ1) is 30.6. The molecule has 1 amide bonds. The average Bonchev–Trinajstić information content (AvgIpc) is 2.88. The number of hydrogen-bond acceptors (Lipinski definition) is 8. The van der Waals surface area contributed by atoms with Crippen molar-refractivity contribution >= 4 is 45.0 Å². The van der Waals surface area contributed by atoms with E-state index in [2.05, 4.69) is 14.8 Å². The van der Waals surface area contributed by atoms with Crippen LogP contribution in [0.4, 0.5) is 28.9 Å². The maximum atomic E-state index is 14.6. The standard InChI is InChI=1S/C25H22F4N2O7S2/c1-37-23(33)10-11-40(35,36)31-21-13-17(4-9-22(21)32)30-24(34)15-2-3-16(20(26)12-15)14-38-18-5-7-19(8-6-18)39-25(27,28)29/h2-9,12-13,31-32H,10-11,14H2,1H3,(H,30,34). The zero-order valence-electron chi connectivity index (χ0n) is 20.6. The third-order valence-corrected chi connectivity index (χ3v) is 7.10. The zero-order valence-corrected chi connectivity index (χ0v) is 22.3. The van der Waals surface area contributed by atoms with Gasteiger partial charge in [0.2, 0.25) is 10.0 Å². The van der Waals surface area contributed by atoms with Crippen LogP contribution < -0.4 is 14.8 Å². The number of aromatic hydroxyl groups is 1.